The summed E-state index contributed by atoms with van der Waals surface area (Å²) in [5.74, 6) is 0.719. The van der Waals surface area contributed by atoms with Crippen molar-refractivity contribution in [3.05, 3.63) is 59.7 Å². The van der Waals surface area contributed by atoms with Crippen LogP contribution in [0.25, 0.3) is 0 Å². The van der Waals surface area contributed by atoms with Gasteiger partial charge in [-0.3, -0.25) is 4.79 Å². The average Bonchev–Trinajstić information content (AvgIpc) is 2.84. The van der Waals surface area contributed by atoms with Crippen LogP contribution in [-0.4, -0.2) is 39.0 Å². The van der Waals surface area contributed by atoms with E-state index in [2.05, 4.69) is 20.8 Å². The highest BCUT2D eigenvalue weighted by atomic mass is 32.2. The summed E-state index contributed by atoms with van der Waals surface area (Å²) in [6.45, 7) is 9.24. The number of benzene rings is 2. The third kappa shape index (κ3) is 7.07. The van der Waals surface area contributed by atoms with Gasteiger partial charge in [0.15, 0.2) is 0 Å². The highest BCUT2D eigenvalue weighted by molar-refractivity contribution is 7.89. The van der Waals surface area contributed by atoms with Crippen LogP contribution in [0, 0.1) is 11.8 Å². The summed E-state index contributed by atoms with van der Waals surface area (Å²) in [6.07, 6.45) is 3.09. The third-order valence-electron chi connectivity index (χ3n) is 6.80. The monoisotopic (exact) mass is 501 g/mol. The Labute approximate surface area is 210 Å². The zero-order valence-corrected chi connectivity index (χ0v) is 22.4. The summed E-state index contributed by atoms with van der Waals surface area (Å²) in [5, 5.41) is 0. The highest BCUT2D eigenvalue weighted by Crippen LogP contribution is 2.32. The molecule has 7 heteroatoms. The molecule has 0 unspecified atom stereocenters. The molecule has 1 aliphatic rings. The molecule has 0 radical (unpaired) electrons. The maximum Gasteiger partial charge on any atom is 0.308 e. The number of esters is 1. The van der Waals surface area contributed by atoms with Crippen LogP contribution in [0.4, 0.5) is 0 Å². The zero-order chi connectivity index (χ0) is 25.6. The van der Waals surface area contributed by atoms with Crippen molar-refractivity contribution in [3.63, 3.8) is 0 Å². The molecule has 0 atom stereocenters. The smallest absolute Gasteiger partial charge is 0.308 e. The van der Waals surface area contributed by atoms with Gasteiger partial charge >= 0.3 is 5.97 Å². The molecule has 2 aromatic carbocycles. The Bertz CT molecular complexity index is 1060. The van der Waals surface area contributed by atoms with Crippen molar-refractivity contribution in [1.82, 2.24) is 4.31 Å². The molecule has 0 aliphatic heterocycles. The lowest BCUT2D eigenvalue weighted by Crippen LogP contribution is -2.37. The summed E-state index contributed by atoms with van der Waals surface area (Å²) < 4.78 is 39.6. The first-order chi connectivity index (χ1) is 16.5. The number of carbonyl (C=O) groups excluding carboxylic acids is 1. The average molecular weight is 502 g/mol. The number of sulfonamides is 1. The maximum absolute atomic E-state index is 13.8. The Hall–Kier alpha value is -2.38. The van der Waals surface area contributed by atoms with E-state index in [1.54, 1.807) is 23.5 Å². The SMILES string of the molecule is CCOC(=O)C1CCC(CN(Cc2ccc(OC)cc2)S(=O)(=O)c2ccc(C(C)(C)C)cc2)CC1. The fourth-order valence-corrected chi connectivity index (χ4v) is 6.09. The molecule has 0 heterocycles. The van der Waals surface area contributed by atoms with Gasteiger partial charge in [-0.2, -0.15) is 4.31 Å². The normalized spacial score (nSPS) is 18.9. The van der Waals surface area contributed by atoms with Crippen LogP contribution >= 0.6 is 0 Å². The van der Waals surface area contributed by atoms with Gasteiger partial charge < -0.3 is 9.47 Å². The lowest BCUT2D eigenvalue weighted by molar-refractivity contribution is -0.149. The Kier molecular flexibility index (Phi) is 9.00. The van der Waals surface area contributed by atoms with Crippen molar-refractivity contribution in [3.8, 4) is 5.75 Å². The molecule has 35 heavy (non-hydrogen) atoms. The maximum atomic E-state index is 13.8. The first-order valence-electron chi connectivity index (χ1n) is 12.4. The Morgan fingerprint density at radius 1 is 0.971 bits per heavy atom. The van der Waals surface area contributed by atoms with Gasteiger partial charge in [0, 0.05) is 13.1 Å². The van der Waals surface area contributed by atoms with Gasteiger partial charge in [-0.05, 0) is 79.3 Å². The topological polar surface area (TPSA) is 72.9 Å². The number of hydrogen-bond donors (Lipinski definition) is 0. The van der Waals surface area contributed by atoms with Crippen molar-refractivity contribution >= 4 is 16.0 Å². The number of rotatable bonds is 9. The quantitative estimate of drug-likeness (QED) is 0.421. The van der Waals surface area contributed by atoms with E-state index in [0.717, 1.165) is 42.6 Å². The minimum absolute atomic E-state index is 0.0529. The van der Waals surface area contributed by atoms with E-state index in [1.807, 2.05) is 43.3 Å². The zero-order valence-electron chi connectivity index (χ0n) is 21.6. The van der Waals surface area contributed by atoms with Gasteiger partial charge in [-0.15, -0.1) is 0 Å². The minimum Gasteiger partial charge on any atom is -0.497 e. The van der Waals surface area contributed by atoms with Crippen molar-refractivity contribution in [2.24, 2.45) is 11.8 Å². The predicted molar refractivity (Wildman–Crippen MR) is 138 cm³/mol. The number of carbonyl (C=O) groups is 1. The molecule has 192 valence electrons. The molecule has 2 aromatic rings. The third-order valence-corrected chi connectivity index (χ3v) is 8.63. The van der Waals surface area contributed by atoms with Crippen molar-refractivity contribution < 1.29 is 22.7 Å². The summed E-state index contributed by atoms with van der Waals surface area (Å²) >= 11 is 0. The lowest BCUT2D eigenvalue weighted by Gasteiger charge is -2.32. The molecule has 0 bridgehead atoms. The number of hydrogen-bond acceptors (Lipinski definition) is 5. The molecule has 3 rings (SSSR count). The molecule has 1 saturated carbocycles. The number of nitrogens with zero attached hydrogens (tertiary/aromatic N) is 1. The molecule has 0 saturated heterocycles. The molecular formula is C28H39NO5S. The second kappa shape index (κ2) is 11.6. The standard InChI is InChI=1S/C28H39NO5S/c1-6-34-27(30)23-11-7-21(8-12-23)19-29(20-22-9-15-25(33-5)16-10-22)35(31,32)26-17-13-24(14-18-26)28(2,3)4/h9-10,13-18,21,23H,6-8,11-12,19-20H2,1-5H3. The Balaban J connectivity index is 1.81. The van der Waals surface area contributed by atoms with Crippen LogP contribution in [0.1, 0.15) is 64.5 Å². The number of methoxy groups -OCH3 is 1. The van der Waals surface area contributed by atoms with E-state index in [1.165, 1.54) is 0 Å². The van der Waals surface area contributed by atoms with Gasteiger partial charge in [0.05, 0.1) is 24.5 Å². The van der Waals surface area contributed by atoms with E-state index < -0.39 is 10.0 Å². The van der Waals surface area contributed by atoms with Crippen LogP contribution in [0.5, 0.6) is 5.75 Å². The predicted octanol–water partition coefficient (Wildman–Crippen LogP) is 5.55. The van der Waals surface area contributed by atoms with Gasteiger partial charge in [0.1, 0.15) is 5.75 Å². The molecule has 1 fully saturated rings. The van der Waals surface area contributed by atoms with Crippen LogP contribution in [0.2, 0.25) is 0 Å². The summed E-state index contributed by atoms with van der Waals surface area (Å²) in [7, 11) is -2.09. The molecule has 0 amide bonds. The van der Waals surface area contributed by atoms with Crippen molar-refractivity contribution in [1.29, 1.82) is 0 Å². The van der Waals surface area contributed by atoms with E-state index in [0.29, 0.717) is 18.0 Å². The van der Waals surface area contributed by atoms with E-state index >= 15 is 0 Å². The summed E-state index contributed by atoms with van der Waals surface area (Å²) in [5.41, 5.74) is 1.94. The summed E-state index contributed by atoms with van der Waals surface area (Å²) in [6, 6.07) is 14.8. The molecule has 0 spiro atoms. The second-order valence-electron chi connectivity index (χ2n) is 10.4. The molecule has 0 N–H and O–H groups in total. The molecular weight excluding hydrogens is 462 g/mol. The molecule has 6 nitrogen and oxygen atoms in total. The van der Waals surface area contributed by atoms with Gasteiger partial charge in [-0.1, -0.05) is 45.0 Å². The first kappa shape index (κ1) is 27.2. The second-order valence-corrected chi connectivity index (χ2v) is 12.3. The fraction of sp³-hybridized carbons (Fsp3) is 0.536. The van der Waals surface area contributed by atoms with E-state index in [9.17, 15) is 13.2 Å². The van der Waals surface area contributed by atoms with Gasteiger partial charge in [-0.25, -0.2) is 8.42 Å². The summed E-state index contributed by atoms with van der Waals surface area (Å²) in [4.78, 5) is 12.4. The van der Waals surface area contributed by atoms with Gasteiger partial charge in [0.25, 0.3) is 0 Å². The lowest BCUT2D eigenvalue weighted by atomic mass is 9.82. The van der Waals surface area contributed by atoms with Crippen LogP contribution in [-0.2, 0) is 31.5 Å². The van der Waals surface area contributed by atoms with Crippen LogP contribution in [0.3, 0.4) is 0 Å². The van der Waals surface area contributed by atoms with Gasteiger partial charge in [0.2, 0.25) is 10.0 Å². The first-order valence-corrected chi connectivity index (χ1v) is 13.9. The largest absolute Gasteiger partial charge is 0.497 e. The van der Waals surface area contributed by atoms with E-state index in [4.69, 9.17) is 9.47 Å². The van der Waals surface area contributed by atoms with Crippen LogP contribution < -0.4 is 4.74 Å². The van der Waals surface area contributed by atoms with Crippen molar-refractivity contribution in [2.45, 2.75) is 70.2 Å². The minimum atomic E-state index is -3.70. The highest BCUT2D eigenvalue weighted by Gasteiger charge is 2.32. The Morgan fingerprint density at radius 3 is 2.09 bits per heavy atom. The van der Waals surface area contributed by atoms with Crippen LogP contribution in [0.15, 0.2) is 53.4 Å². The van der Waals surface area contributed by atoms with E-state index in [-0.39, 0.29) is 29.8 Å². The number of ether oxygens (including phenoxy) is 2. The fourth-order valence-electron chi connectivity index (χ4n) is 4.59. The van der Waals surface area contributed by atoms with Crippen molar-refractivity contribution in [2.75, 3.05) is 20.3 Å². The molecule has 1 aliphatic carbocycles. The molecule has 0 aromatic heterocycles. The Morgan fingerprint density at radius 2 is 1.57 bits per heavy atom.